The van der Waals surface area contributed by atoms with Crippen molar-refractivity contribution in [3.63, 3.8) is 0 Å². The summed E-state index contributed by atoms with van der Waals surface area (Å²) in [6, 6.07) is 0. The molecule has 5 heteroatoms. The van der Waals surface area contributed by atoms with Gasteiger partial charge >= 0.3 is 0 Å². The first-order valence-corrected chi connectivity index (χ1v) is 5.04. The van der Waals surface area contributed by atoms with E-state index in [0.29, 0.717) is 0 Å². The molecule has 0 aliphatic carbocycles. The van der Waals surface area contributed by atoms with E-state index < -0.39 is 0 Å². The van der Waals surface area contributed by atoms with Gasteiger partial charge in [-0.2, -0.15) is 10.1 Å². The first kappa shape index (κ1) is 9.40. The maximum absolute atomic E-state index is 5.79. The number of unbranched alkanes of at least 4 members (excludes halogenated alkanes) is 1. The van der Waals surface area contributed by atoms with Crippen molar-refractivity contribution in [1.29, 1.82) is 0 Å². The van der Waals surface area contributed by atoms with E-state index >= 15 is 0 Å². The molecular formula is C9H11ClN4. The Morgan fingerprint density at radius 1 is 1.43 bits per heavy atom. The molecule has 0 saturated heterocycles. The average Bonchev–Trinajstić information content (AvgIpc) is 2.61. The van der Waals surface area contributed by atoms with Crippen molar-refractivity contribution in [3.8, 4) is 0 Å². The number of aromatic amines is 1. The van der Waals surface area contributed by atoms with E-state index in [4.69, 9.17) is 11.6 Å². The highest BCUT2D eigenvalue weighted by molar-refractivity contribution is 6.28. The Kier molecular flexibility index (Phi) is 2.63. The highest BCUT2D eigenvalue weighted by Crippen LogP contribution is 2.16. The zero-order valence-electron chi connectivity index (χ0n) is 7.92. The molecule has 2 aromatic heterocycles. The van der Waals surface area contributed by atoms with Crippen LogP contribution in [0.15, 0.2) is 6.20 Å². The molecule has 14 heavy (non-hydrogen) atoms. The van der Waals surface area contributed by atoms with Crippen molar-refractivity contribution >= 4 is 22.6 Å². The molecule has 2 heterocycles. The Bertz CT molecular complexity index is 437. The van der Waals surface area contributed by atoms with E-state index in [9.17, 15) is 0 Å². The Morgan fingerprint density at radius 2 is 2.29 bits per heavy atom. The first-order valence-electron chi connectivity index (χ1n) is 4.66. The molecule has 74 valence electrons. The second-order valence-corrected chi connectivity index (χ2v) is 3.51. The molecule has 2 rings (SSSR count). The van der Waals surface area contributed by atoms with Crippen molar-refractivity contribution in [2.45, 2.75) is 26.2 Å². The number of H-pyrrole nitrogens is 1. The first-order chi connectivity index (χ1) is 6.81. The summed E-state index contributed by atoms with van der Waals surface area (Å²) in [4.78, 5) is 8.25. The number of hydrogen-bond donors (Lipinski definition) is 1. The molecule has 0 fully saturated rings. The van der Waals surface area contributed by atoms with Crippen molar-refractivity contribution < 1.29 is 0 Å². The monoisotopic (exact) mass is 210 g/mol. The topological polar surface area (TPSA) is 54.5 Å². The third kappa shape index (κ3) is 1.70. The second-order valence-electron chi connectivity index (χ2n) is 3.18. The lowest BCUT2D eigenvalue weighted by molar-refractivity contribution is 0.780. The highest BCUT2D eigenvalue weighted by Gasteiger charge is 2.07. The lowest BCUT2D eigenvalue weighted by Crippen LogP contribution is -1.94. The van der Waals surface area contributed by atoms with E-state index in [2.05, 4.69) is 27.1 Å². The van der Waals surface area contributed by atoms with Gasteiger partial charge in [0.2, 0.25) is 5.28 Å². The number of halogens is 1. The molecule has 0 bridgehead atoms. The zero-order valence-corrected chi connectivity index (χ0v) is 8.67. The summed E-state index contributed by atoms with van der Waals surface area (Å²) in [5, 5.41) is 7.98. The predicted octanol–water partition coefficient (Wildman–Crippen LogP) is 2.35. The van der Waals surface area contributed by atoms with Gasteiger partial charge in [-0.05, 0) is 24.4 Å². The Hall–Kier alpha value is -1.16. The van der Waals surface area contributed by atoms with Crippen LogP contribution in [0.1, 0.15) is 25.5 Å². The van der Waals surface area contributed by atoms with Gasteiger partial charge in [0.1, 0.15) is 0 Å². The predicted molar refractivity (Wildman–Crippen MR) is 55.3 cm³/mol. The van der Waals surface area contributed by atoms with Gasteiger partial charge in [-0.15, -0.1) is 0 Å². The van der Waals surface area contributed by atoms with Gasteiger partial charge < -0.3 is 0 Å². The van der Waals surface area contributed by atoms with Gasteiger partial charge in [-0.1, -0.05) is 13.3 Å². The fourth-order valence-corrected chi connectivity index (χ4v) is 1.59. The van der Waals surface area contributed by atoms with E-state index in [0.717, 1.165) is 36.0 Å². The third-order valence-corrected chi connectivity index (χ3v) is 2.30. The van der Waals surface area contributed by atoms with Crippen LogP contribution < -0.4 is 0 Å². The number of nitrogens with one attached hydrogen (secondary N) is 1. The standard InChI is InChI=1S/C9H11ClN4/c1-2-3-4-7-6-5-11-14-8(6)13-9(10)12-7/h5H,2-4H2,1H3,(H,11,12,13,14). The lowest BCUT2D eigenvalue weighted by atomic mass is 10.1. The lowest BCUT2D eigenvalue weighted by Gasteiger charge is -2.00. The molecule has 0 spiro atoms. The van der Waals surface area contributed by atoms with Gasteiger partial charge in [0, 0.05) is 0 Å². The molecule has 0 amide bonds. The Morgan fingerprint density at radius 3 is 3.07 bits per heavy atom. The number of aryl methyl sites for hydroxylation is 1. The van der Waals surface area contributed by atoms with Crippen LogP contribution in [-0.4, -0.2) is 20.2 Å². The summed E-state index contributed by atoms with van der Waals surface area (Å²) in [6.07, 6.45) is 4.92. The molecule has 0 saturated carbocycles. The number of hydrogen-bond acceptors (Lipinski definition) is 3. The largest absolute Gasteiger partial charge is 0.261 e. The molecule has 0 unspecified atom stereocenters. The summed E-state index contributed by atoms with van der Waals surface area (Å²) < 4.78 is 0. The summed E-state index contributed by atoms with van der Waals surface area (Å²) in [7, 11) is 0. The van der Waals surface area contributed by atoms with Crippen molar-refractivity contribution in [3.05, 3.63) is 17.2 Å². The SMILES string of the molecule is CCCCc1nc(Cl)nc2[nH]ncc12. The maximum atomic E-state index is 5.79. The number of rotatable bonds is 3. The fraction of sp³-hybridized carbons (Fsp3) is 0.444. The van der Waals surface area contributed by atoms with E-state index in [1.54, 1.807) is 6.20 Å². The van der Waals surface area contributed by atoms with Crippen LogP contribution in [0.4, 0.5) is 0 Å². The summed E-state index contributed by atoms with van der Waals surface area (Å²) in [6.45, 7) is 2.15. The summed E-state index contributed by atoms with van der Waals surface area (Å²) in [5.41, 5.74) is 1.70. The van der Waals surface area contributed by atoms with Crippen LogP contribution in [-0.2, 0) is 6.42 Å². The second kappa shape index (κ2) is 3.92. The van der Waals surface area contributed by atoms with E-state index in [-0.39, 0.29) is 5.28 Å². The Labute approximate surface area is 86.7 Å². The van der Waals surface area contributed by atoms with Gasteiger partial charge in [-0.3, -0.25) is 5.10 Å². The van der Waals surface area contributed by atoms with Crippen LogP contribution in [0.5, 0.6) is 0 Å². The highest BCUT2D eigenvalue weighted by atomic mass is 35.5. The molecule has 0 aliphatic rings. The van der Waals surface area contributed by atoms with Crippen LogP contribution >= 0.6 is 11.6 Å². The smallest absolute Gasteiger partial charge is 0.224 e. The van der Waals surface area contributed by atoms with Crippen LogP contribution in [0.25, 0.3) is 11.0 Å². The molecule has 1 N–H and O–H groups in total. The molecule has 4 nitrogen and oxygen atoms in total. The maximum Gasteiger partial charge on any atom is 0.224 e. The summed E-state index contributed by atoms with van der Waals surface area (Å²) in [5.74, 6) is 0. The molecule has 2 aromatic rings. The fourth-order valence-electron chi connectivity index (χ4n) is 1.40. The minimum atomic E-state index is 0.285. The van der Waals surface area contributed by atoms with Gasteiger partial charge in [0.25, 0.3) is 0 Å². The van der Waals surface area contributed by atoms with Crippen molar-refractivity contribution in [2.24, 2.45) is 0 Å². The number of nitrogens with zero attached hydrogens (tertiary/aromatic N) is 3. The summed E-state index contributed by atoms with van der Waals surface area (Å²) >= 11 is 5.79. The van der Waals surface area contributed by atoms with Crippen LogP contribution in [0.2, 0.25) is 5.28 Å². The van der Waals surface area contributed by atoms with Crippen LogP contribution in [0.3, 0.4) is 0 Å². The number of fused-ring (bicyclic) bond motifs is 1. The molecule has 0 aliphatic heterocycles. The third-order valence-electron chi connectivity index (χ3n) is 2.13. The Balaban J connectivity index is 2.44. The zero-order chi connectivity index (χ0) is 9.97. The quantitative estimate of drug-likeness (QED) is 0.792. The van der Waals surface area contributed by atoms with Gasteiger partial charge in [0.15, 0.2) is 5.65 Å². The van der Waals surface area contributed by atoms with Crippen molar-refractivity contribution in [1.82, 2.24) is 20.2 Å². The molecule has 0 aromatic carbocycles. The van der Waals surface area contributed by atoms with E-state index in [1.165, 1.54) is 0 Å². The minimum Gasteiger partial charge on any atom is -0.261 e. The minimum absolute atomic E-state index is 0.285. The number of aromatic nitrogens is 4. The van der Waals surface area contributed by atoms with Crippen molar-refractivity contribution in [2.75, 3.05) is 0 Å². The van der Waals surface area contributed by atoms with Gasteiger partial charge in [0.05, 0.1) is 17.3 Å². The molecule has 0 radical (unpaired) electrons. The molecule has 0 atom stereocenters. The molecular weight excluding hydrogens is 200 g/mol. The van der Waals surface area contributed by atoms with Crippen LogP contribution in [0, 0.1) is 0 Å². The van der Waals surface area contributed by atoms with E-state index in [1.807, 2.05) is 0 Å². The normalized spacial score (nSPS) is 11.0. The average molecular weight is 211 g/mol. The van der Waals surface area contributed by atoms with Gasteiger partial charge in [-0.25, -0.2) is 4.98 Å².